The number of ether oxygens (including phenoxy) is 1. The Hall–Kier alpha value is -2.54. The van der Waals surface area contributed by atoms with Gasteiger partial charge < -0.3 is 15.0 Å². The second-order valence-electron chi connectivity index (χ2n) is 6.21. The first-order chi connectivity index (χ1) is 12.6. The molecule has 2 aliphatic heterocycles. The summed E-state index contributed by atoms with van der Waals surface area (Å²) in [5.41, 5.74) is 1.11. The van der Waals surface area contributed by atoms with Gasteiger partial charge in [-0.25, -0.2) is 4.39 Å². The van der Waals surface area contributed by atoms with Gasteiger partial charge in [0.15, 0.2) is 6.10 Å². The van der Waals surface area contributed by atoms with Crippen LogP contribution in [0.4, 0.5) is 10.1 Å². The smallest absolute Gasteiger partial charge is 0.265 e. The van der Waals surface area contributed by atoms with Crippen LogP contribution in [0, 0.1) is 5.82 Å². The van der Waals surface area contributed by atoms with Gasteiger partial charge in [0, 0.05) is 12.2 Å². The van der Waals surface area contributed by atoms with Gasteiger partial charge in [-0.3, -0.25) is 9.59 Å². The number of para-hydroxylation sites is 2. The molecule has 2 aromatic rings. The molecule has 2 aromatic carbocycles. The molecule has 5 nitrogen and oxygen atoms in total. The molecular weight excluding hydrogens is 355 g/mol. The van der Waals surface area contributed by atoms with Crippen LogP contribution < -0.4 is 10.1 Å². The van der Waals surface area contributed by atoms with Gasteiger partial charge in [0.05, 0.1) is 11.6 Å². The lowest BCUT2D eigenvalue weighted by atomic mass is 10.1. The number of hydrogen-bond donors (Lipinski definition) is 1. The standard InChI is InChI=1S/C19H17FN2O3S/c20-13-6-2-3-7-14(13)21-18(23)15-10-26-11-22(15)19(24)17-9-12-5-1-4-8-16(12)25-17/h1-8,15,17H,9-11H2,(H,21,23). The van der Waals surface area contributed by atoms with E-state index in [2.05, 4.69) is 5.32 Å². The number of fused-ring (bicyclic) bond motifs is 1. The Morgan fingerprint density at radius 2 is 1.92 bits per heavy atom. The average Bonchev–Trinajstić information content (AvgIpc) is 3.30. The summed E-state index contributed by atoms with van der Waals surface area (Å²) < 4.78 is 19.5. The quantitative estimate of drug-likeness (QED) is 0.900. The van der Waals surface area contributed by atoms with E-state index < -0.39 is 18.0 Å². The molecule has 0 aromatic heterocycles. The van der Waals surface area contributed by atoms with E-state index in [0.717, 1.165) is 5.56 Å². The van der Waals surface area contributed by atoms with Crippen molar-refractivity contribution in [3.8, 4) is 5.75 Å². The summed E-state index contributed by atoms with van der Waals surface area (Å²) in [6, 6.07) is 12.9. The fraction of sp³-hybridized carbons (Fsp3) is 0.263. The third-order valence-corrected chi connectivity index (χ3v) is 5.53. The zero-order chi connectivity index (χ0) is 18.1. The second kappa shape index (κ2) is 6.99. The molecule has 2 unspecified atom stereocenters. The Balaban J connectivity index is 1.46. The molecule has 2 aliphatic rings. The number of carbonyl (C=O) groups is 2. The number of carbonyl (C=O) groups excluding carboxylic acids is 2. The molecule has 1 fully saturated rings. The summed E-state index contributed by atoms with van der Waals surface area (Å²) in [4.78, 5) is 27.0. The Bertz CT molecular complexity index is 835. The summed E-state index contributed by atoms with van der Waals surface area (Å²) in [6.45, 7) is 0. The highest BCUT2D eigenvalue weighted by atomic mass is 32.2. The molecule has 7 heteroatoms. The summed E-state index contributed by atoms with van der Waals surface area (Å²) in [7, 11) is 0. The first kappa shape index (κ1) is 16.9. The normalized spacial score (nSPS) is 21.2. The molecule has 1 N–H and O–H groups in total. The first-order valence-electron chi connectivity index (χ1n) is 8.31. The van der Waals surface area contributed by atoms with Crippen molar-refractivity contribution in [1.82, 2.24) is 4.90 Å². The van der Waals surface area contributed by atoms with E-state index in [1.807, 2.05) is 24.3 Å². The van der Waals surface area contributed by atoms with Gasteiger partial charge in [-0.15, -0.1) is 11.8 Å². The van der Waals surface area contributed by atoms with Crippen molar-refractivity contribution < 1.29 is 18.7 Å². The molecule has 0 radical (unpaired) electrons. The summed E-state index contributed by atoms with van der Waals surface area (Å²) in [5, 5.41) is 2.58. The van der Waals surface area contributed by atoms with Crippen LogP contribution in [0.2, 0.25) is 0 Å². The van der Waals surface area contributed by atoms with Gasteiger partial charge in [0.1, 0.15) is 17.6 Å². The number of hydrogen-bond acceptors (Lipinski definition) is 4. The van der Waals surface area contributed by atoms with E-state index in [4.69, 9.17) is 4.74 Å². The monoisotopic (exact) mass is 372 g/mol. The van der Waals surface area contributed by atoms with E-state index in [9.17, 15) is 14.0 Å². The van der Waals surface area contributed by atoms with Crippen molar-refractivity contribution in [1.29, 1.82) is 0 Å². The second-order valence-corrected chi connectivity index (χ2v) is 7.21. The Labute approximate surface area is 154 Å². The molecule has 26 heavy (non-hydrogen) atoms. The van der Waals surface area contributed by atoms with E-state index in [-0.39, 0.29) is 17.5 Å². The van der Waals surface area contributed by atoms with Crippen LogP contribution in [0.1, 0.15) is 5.56 Å². The Morgan fingerprint density at radius 1 is 1.15 bits per heavy atom. The minimum absolute atomic E-state index is 0.117. The Morgan fingerprint density at radius 3 is 2.73 bits per heavy atom. The van der Waals surface area contributed by atoms with E-state index >= 15 is 0 Å². The zero-order valence-corrected chi connectivity index (χ0v) is 14.7. The number of benzene rings is 2. The first-order valence-corrected chi connectivity index (χ1v) is 9.47. The van der Waals surface area contributed by atoms with Crippen molar-refractivity contribution in [2.45, 2.75) is 18.6 Å². The topological polar surface area (TPSA) is 58.6 Å². The predicted octanol–water partition coefficient (Wildman–Crippen LogP) is 2.67. The zero-order valence-electron chi connectivity index (χ0n) is 13.9. The van der Waals surface area contributed by atoms with Crippen LogP contribution >= 0.6 is 11.8 Å². The molecule has 0 bridgehead atoms. The van der Waals surface area contributed by atoms with Crippen molar-refractivity contribution in [2.75, 3.05) is 16.9 Å². The fourth-order valence-electron chi connectivity index (χ4n) is 3.16. The molecule has 2 amide bonds. The number of rotatable bonds is 3. The van der Waals surface area contributed by atoms with Crippen LogP contribution in [-0.2, 0) is 16.0 Å². The SMILES string of the molecule is O=C(Nc1ccccc1F)C1CSCN1C(=O)C1Cc2ccccc2O1. The van der Waals surface area contributed by atoms with Crippen LogP contribution in [-0.4, -0.2) is 40.5 Å². The molecule has 1 saturated heterocycles. The number of amides is 2. The fourth-order valence-corrected chi connectivity index (χ4v) is 4.32. The number of anilines is 1. The third kappa shape index (κ3) is 3.14. The van der Waals surface area contributed by atoms with Crippen LogP contribution in [0.15, 0.2) is 48.5 Å². The van der Waals surface area contributed by atoms with Gasteiger partial charge in [-0.1, -0.05) is 30.3 Å². The van der Waals surface area contributed by atoms with Gasteiger partial charge in [-0.2, -0.15) is 0 Å². The van der Waals surface area contributed by atoms with Crippen LogP contribution in [0.25, 0.3) is 0 Å². The lowest BCUT2D eigenvalue weighted by Crippen LogP contribution is -2.49. The minimum atomic E-state index is -0.639. The molecule has 134 valence electrons. The van der Waals surface area contributed by atoms with Crippen LogP contribution in [0.3, 0.4) is 0 Å². The molecule has 0 spiro atoms. The van der Waals surface area contributed by atoms with Crippen molar-refractivity contribution in [3.63, 3.8) is 0 Å². The lowest BCUT2D eigenvalue weighted by molar-refractivity contribution is -0.141. The maximum Gasteiger partial charge on any atom is 0.265 e. The van der Waals surface area contributed by atoms with E-state index in [0.29, 0.717) is 23.8 Å². The maximum absolute atomic E-state index is 13.8. The summed E-state index contributed by atoms with van der Waals surface area (Å²) in [5.74, 6) is 0.517. The third-order valence-electron chi connectivity index (χ3n) is 4.52. The highest BCUT2D eigenvalue weighted by Crippen LogP contribution is 2.31. The van der Waals surface area contributed by atoms with Crippen molar-refractivity contribution in [2.24, 2.45) is 0 Å². The molecule has 4 rings (SSSR count). The molecule has 2 atom stereocenters. The van der Waals surface area contributed by atoms with Crippen molar-refractivity contribution >= 4 is 29.3 Å². The van der Waals surface area contributed by atoms with Gasteiger partial charge in [0.25, 0.3) is 5.91 Å². The highest BCUT2D eigenvalue weighted by molar-refractivity contribution is 7.99. The molecule has 0 aliphatic carbocycles. The van der Waals surface area contributed by atoms with Gasteiger partial charge >= 0.3 is 0 Å². The minimum Gasteiger partial charge on any atom is -0.480 e. The number of thioether (sulfide) groups is 1. The molecule has 2 heterocycles. The summed E-state index contributed by atoms with van der Waals surface area (Å²) >= 11 is 1.50. The predicted molar refractivity (Wildman–Crippen MR) is 97.6 cm³/mol. The molecular formula is C19H17FN2O3S. The largest absolute Gasteiger partial charge is 0.480 e. The van der Waals surface area contributed by atoms with Gasteiger partial charge in [0.2, 0.25) is 5.91 Å². The van der Waals surface area contributed by atoms with Crippen LogP contribution in [0.5, 0.6) is 5.75 Å². The summed E-state index contributed by atoms with van der Waals surface area (Å²) in [6.07, 6.45) is -0.118. The van der Waals surface area contributed by atoms with Crippen molar-refractivity contribution in [3.05, 3.63) is 59.9 Å². The van der Waals surface area contributed by atoms with Gasteiger partial charge in [-0.05, 0) is 23.8 Å². The number of nitrogens with one attached hydrogen (secondary N) is 1. The number of nitrogens with zero attached hydrogens (tertiary/aromatic N) is 1. The van der Waals surface area contributed by atoms with E-state index in [1.165, 1.54) is 28.8 Å². The Kier molecular flexibility index (Phi) is 4.55. The maximum atomic E-state index is 13.8. The lowest BCUT2D eigenvalue weighted by Gasteiger charge is -2.25. The average molecular weight is 372 g/mol. The number of halogens is 1. The highest BCUT2D eigenvalue weighted by Gasteiger charge is 2.40. The van der Waals surface area contributed by atoms with E-state index in [1.54, 1.807) is 12.1 Å². The molecule has 0 saturated carbocycles.